The Morgan fingerprint density at radius 1 is 0.978 bits per heavy atom. The molecule has 2 unspecified atom stereocenters. The third-order valence-electron chi connectivity index (χ3n) is 9.10. The molecule has 0 spiro atoms. The van der Waals surface area contributed by atoms with Crippen molar-refractivity contribution < 1.29 is 23.9 Å². The Morgan fingerprint density at radius 2 is 1.78 bits per heavy atom. The summed E-state index contributed by atoms with van der Waals surface area (Å²) in [5, 5.41) is 6.19. The number of aromatic nitrogens is 1. The van der Waals surface area contributed by atoms with E-state index in [-0.39, 0.29) is 41.3 Å². The van der Waals surface area contributed by atoms with E-state index in [2.05, 4.69) is 31.5 Å². The second-order valence-corrected chi connectivity index (χ2v) is 12.9. The highest BCUT2D eigenvalue weighted by molar-refractivity contribution is 9.10. The van der Waals surface area contributed by atoms with Gasteiger partial charge in [-0.25, -0.2) is 4.79 Å². The molecule has 2 saturated heterocycles. The Hall–Kier alpha value is -4.32. The predicted octanol–water partition coefficient (Wildman–Crippen LogP) is 4.85. The van der Waals surface area contributed by atoms with E-state index in [0.717, 1.165) is 17.8 Å². The number of nitrogens with one attached hydrogen (secondary N) is 2. The van der Waals surface area contributed by atoms with Crippen LogP contribution in [0.5, 0.6) is 5.75 Å². The molecule has 11 nitrogen and oxygen atoms in total. The first-order valence-corrected chi connectivity index (χ1v) is 16.5. The normalized spacial score (nSPS) is 19.2. The number of nitrogens with zero attached hydrogens (tertiary/aromatic N) is 3. The lowest BCUT2D eigenvalue weighted by Crippen LogP contribution is -2.47. The molecule has 2 N–H and O–H groups in total. The molecule has 2 fully saturated rings. The number of benzene rings is 2. The lowest BCUT2D eigenvalue weighted by Gasteiger charge is -2.44. The van der Waals surface area contributed by atoms with Gasteiger partial charge in [0.25, 0.3) is 17.4 Å². The van der Waals surface area contributed by atoms with Gasteiger partial charge in [-0.15, -0.1) is 0 Å². The number of anilines is 2. The summed E-state index contributed by atoms with van der Waals surface area (Å²) in [7, 11) is 1.55. The highest BCUT2D eigenvalue weighted by atomic mass is 79.9. The summed E-state index contributed by atoms with van der Waals surface area (Å²) in [5.74, 6) is 0.397. The van der Waals surface area contributed by atoms with Crippen LogP contribution in [0, 0.1) is 5.92 Å². The molecule has 0 aliphatic carbocycles. The molecule has 12 heteroatoms. The molecule has 4 heterocycles. The molecule has 3 aliphatic heterocycles. The number of ether oxygens (including phenoxy) is 2. The maximum absolute atomic E-state index is 13.7. The van der Waals surface area contributed by atoms with Crippen molar-refractivity contribution in [2.45, 2.75) is 44.7 Å². The zero-order valence-corrected chi connectivity index (χ0v) is 27.5. The first-order chi connectivity index (χ1) is 22.2. The fraction of sp³-hybridized carbons (Fsp3) is 0.412. The molecule has 46 heavy (non-hydrogen) atoms. The topological polar surface area (TPSA) is 122 Å². The summed E-state index contributed by atoms with van der Waals surface area (Å²) in [6.45, 7) is 5.16. The predicted molar refractivity (Wildman–Crippen MR) is 178 cm³/mol. The largest absolute Gasteiger partial charge is 0.497 e. The number of carbonyl (C=O) groups is 3. The molecule has 3 aliphatic rings. The van der Waals surface area contributed by atoms with Crippen molar-refractivity contribution in [2.24, 2.45) is 5.92 Å². The van der Waals surface area contributed by atoms with Crippen molar-refractivity contribution in [3.05, 3.63) is 86.2 Å². The third kappa shape index (κ3) is 6.62. The summed E-state index contributed by atoms with van der Waals surface area (Å²) < 4.78 is 13.0. The Balaban J connectivity index is 1.26. The molecule has 0 radical (unpaired) electrons. The highest BCUT2D eigenvalue weighted by Crippen LogP contribution is 2.39. The number of hydrogen-bond acceptors (Lipinski definition) is 7. The number of piperidine rings is 2. The lowest BCUT2D eigenvalue weighted by molar-refractivity contribution is 0.0859. The summed E-state index contributed by atoms with van der Waals surface area (Å²) >= 11 is 3.49. The minimum absolute atomic E-state index is 0.0272. The maximum atomic E-state index is 13.7. The molecular formula is C34H38BrN5O6. The molecule has 1 aromatic heterocycles. The molecule has 2 bridgehead atoms. The highest BCUT2D eigenvalue weighted by Gasteiger charge is 2.35. The van der Waals surface area contributed by atoms with Crippen LogP contribution in [0.4, 0.5) is 16.2 Å². The Labute approximate surface area is 276 Å². The number of halogens is 1. The fourth-order valence-electron chi connectivity index (χ4n) is 6.83. The van der Waals surface area contributed by atoms with Crippen molar-refractivity contribution in [1.29, 1.82) is 0 Å². The van der Waals surface area contributed by atoms with E-state index in [9.17, 15) is 19.2 Å². The van der Waals surface area contributed by atoms with Crippen molar-refractivity contribution in [2.75, 3.05) is 50.1 Å². The van der Waals surface area contributed by atoms with Gasteiger partial charge in [0.15, 0.2) is 0 Å². The van der Waals surface area contributed by atoms with Crippen LogP contribution < -0.4 is 25.8 Å². The van der Waals surface area contributed by atoms with Gasteiger partial charge in [-0.3, -0.25) is 14.4 Å². The summed E-state index contributed by atoms with van der Waals surface area (Å²) in [6.07, 6.45) is 1.91. The third-order valence-corrected chi connectivity index (χ3v) is 9.79. The Morgan fingerprint density at radius 3 is 2.54 bits per heavy atom. The zero-order valence-electron chi connectivity index (χ0n) is 26.0. The molecule has 6 rings (SSSR count). The Bertz CT molecular complexity index is 1700. The quantitative estimate of drug-likeness (QED) is 0.364. The van der Waals surface area contributed by atoms with Crippen molar-refractivity contribution >= 4 is 45.2 Å². The summed E-state index contributed by atoms with van der Waals surface area (Å²) in [6, 6.07) is 16.0. The van der Waals surface area contributed by atoms with E-state index in [4.69, 9.17) is 9.47 Å². The smallest absolute Gasteiger partial charge is 0.409 e. The summed E-state index contributed by atoms with van der Waals surface area (Å²) in [5.41, 5.74) is 3.22. The number of amides is 3. The van der Waals surface area contributed by atoms with Gasteiger partial charge in [0.1, 0.15) is 5.75 Å². The first kappa shape index (κ1) is 31.7. The molecule has 3 amide bonds. The van der Waals surface area contributed by atoms with Gasteiger partial charge in [0, 0.05) is 66.5 Å². The van der Waals surface area contributed by atoms with Crippen LogP contribution in [0.1, 0.15) is 58.5 Å². The van der Waals surface area contributed by atoms with Crippen LogP contribution in [0.25, 0.3) is 0 Å². The lowest BCUT2D eigenvalue weighted by atomic mass is 9.83. The van der Waals surface area contributed by atoms with Crippen molar-refractivity contribution in [3.63, 3.8) is 0 Å². The monoisotopic (exact) mass is 691 g/mol. The van der Waals surface area contributed by atoms with Gasteiger partial charge in [0.05, 0.1) is 30.7 Å². The maximum Gasteiger partial charge on any atom is 0.409 e. The van der Waals surface area contributed by atoms with Crippen molar-refractivity contribution in [3.8, 4) is 5.75 Å². The molecule has 3 aromatic rings. The number of hydrogen-bond donors (Lipinski definition) is 2. The van der Waals surface area contributed by atoms with Crippen molar-refractivity contribution in [1.82, 2.24) is 14.8 Å². The van der Waals surface area contributed by atoms with Gasteiger partial charge in [-0.05, 0) is 90.5 Å². The second kappa shape index (κ2) is 13.6. The number of rotatable bonds is 7. The number of pyridine rings is 1. The van der Waals surface area contributed by atoms with Gasteiger partial charge in [-0.1, -0.05) is 6.07 Å². The SMILES string of the molecule is CCOC(=O)N1CCC(NC(=O)c2ccc(N3CC4CC(C3)c3cccc(=O)n3C4)c(NC(=O)c3cc(OC)ccc3Br)c2)CC1. The van der Waals surface area contributed by atoms with Gasteiger partial charge in [0.2, 0.25) is 0 Å². The van der Waals surface area contributed by atoms with Crippen LogP contribution in [0.15, 0.2) is 63.9 Å². The van der Waals surface area contributed by atoms with Crippen LogP contribution in [-0.2, 0) is 11.3 Å². The molecule has 2 aromatic carbocycles. The van der Waals surface area contributed by atoms with E-state index in [1.165, 1.54) is 0 Å². The average molecular weight is 693 g/mol. The van der Waals surface area contributed by atoms with Crippen LogP contribution >= 0.6 is 15.9 Å². The van der Waals surface area contributed by atoms with Gasteiger partial charge < -0.3 is 34.5 Å². The van der Waals surface area contributed by atoms with Crippen LogP contribution in [-0.4, -0.2) is 73.3 Å². The van der Waals surface area contributed by atoms with E-state index in [1.54, 1.807) is 55.3 Å². The molecule has 242 valence electrons. The number of fused-ring (bicyclic) bond motifs is 4. The van der Waals surface area contributed by atoms with E-state index in [0.29, 0.717) is 79.2 Å². The molecule has 0 saturated carbocycles. The number of methoxy groups -OCH3 is 1. The molecular weight excluding hydrogens is 654 g/mol. The Kier molecular flexibility index (Phi) is 9.34. The average Bonchev–Trinajstić information content (AvgIpc) is 3.05. The first-order valence-electron chi connectivity index (χ1n) is 15.7. The van der Waals surface area contributed by atoms with Crippen LogP contribution in [0.2, 0.25) is 0 Å². The minimum atomic E-state index is -0.343. The summed E-state index contributed by atoms with van der Waals surface area (Å²) in [4.78, 5) is 55.7. The standard InChI is InChI=1S/C34H38BrN5O6/c1-3-46-34(44)38-13-11-24(12-14-38)36-32(42)22-7-10-30(28(16-22)37-33(43)26-17-25(45-2)8-9-27(26)35)39-18-21-15-23(20-39)29-5-4-6-31(41)40(29)19-21/h4-10,16-17,21,23-24H,3,11-15,18-20H2,1-2H3,(H,36,42)(H,37,43). The number of likely N-dealkylation sites (tertiary alicyclic amines) is 1. The second-order valence-electron chi connectivity index (χ2n) is 12.1. The zero-order chi connectivity index (χ0) is 32.4. The van der Waals surface area contributed by atoms with Crippen LogP contribution in [0.3, 0.4) is 0 Å². The van der Waals surface area contributed by atoms with Gasteiger partial charge in [-0.2, -0.15) is 0 Å². The van der Waals surface area contributed by atoms with E-state index < -0.39 is 0 Å². The minimum Gasteiger partial charge on any atom is -0.497 e. The van der Waals surface area contributed by atoms with Gasteiger partial charge >= 0.3 is 6.09 Å². The fourth-order valence-corrected chi connectivity index (χ4v) is 7.26. The van der Waals surface area contributed by atoms with E-state index in [1.807, 2.05) is 22.8 Å². The van der Waals surface area contributed by atoms with E-state index >= 15 is 0 Å². The molecule has 2 atom stereocenters. The number of carbonyl (C=O) groups excluding carboxylic acids is 3.